The number of anilines is 3. The van der Waals surface area contributed by atoms with E-state index >= 15 is 0 Å². The Morgan fingerprint density at radius 1 is 0.733 bits per heavy atom. The van der Waals surface area contributed by atoms with E-state index in [1.54, 1.807) is 30.3 Å². The second kappa shape index (κ2) is 8.46. The molecule has 30 heavy (non-hydrogen) atoms. The number of para-hydroxylation sites is 1. The molecule has 0 aliphatic rings. The predicted molar refractivity (Wildman–Crippen MR) is 108 cm³/mol. The molecule has 0 spiro atoms. The first-order chi connectivity index (χ1) is 14.1. The molecule has 0 aliphatic carbocycles. The average molecular weight is 435 g/mol. The smallest absolute Gasteiger partial charge is 0.308 e. The van der Waals surface area contributed by atoms with Gasteiger partial charge in [0.15, 0.2) is 0 Å². The van der Waals surface area contributed by atoms with Gasteiger partial charge in [-0.1, -0.05) is 24.3 Å². The van der Waals surface area contributed by atoms with Crippen molar-refractivity contribution in [1.29, 1.82) is 0 Å². The summed E-state index contributed by atoms with van der Waals surface area (Å²) in [6.07, 6.45) is -4.47. The minimum absolute atomic E-state index is 0.0707. The fourth-order valence-electron chi connectivity index (χ4n) is 2.50. The summed E-state index contributed by atoms with van der Waals surface area (Å²) in [6, 6.07) is 17.0. The normalized spacial score (nSPS) is 11.6. The Morgan fingerprint density at radius 3 is 1.97 bits per heavy atom. The molecule has 156 valence electrons. The molecule has 0 fully saturated rings. The van der Waals surface area contributed by atoms with E-state index in [0.29, 0.717) is 5.69 Å². The van der Waals surface area contributed by atoms with Gasteiger partial charge < -0.3 is 10.6 Å². The maximum Gasteiger partial charge on any atom is 0.416 e. The van der Waals surface area contributed by atoms with Crippen molar-refractivity contribution >= 4 is 33.1 Å². The third kappa shape index (κ3) is 5.51. The van der Waals surface area contributed by atoms with Crippen LogP contribution in [-0.2, 0) is 16.2 Å². The summed E-state index contributed by atoms with van der Waals surface area (Å²) in [5.41, 5.74) is -0.112. The maximum atomic E-state index is 12.6. The van der Waals surface area contributed by atoms with E-state index in [-0.39, 0.29) is 16.3 Å². The van der Waals surface area contributed by atoms with Gasteiger partial charge in [-0.25, -0.2) is 13.2 Å². The van der Waals surface area contributed by atoms with Crippen molar-refractivity contribution in [3.05, 3.63) is 84.4 Å². The van der Waals surface area contributed by atoms with Crippen molar-refractivity contribution in [2.75, 3.05) is 15.4 Å². The maximum absolute atomic E-state index is 12.6. The Hall–Kier alpha value is -3.53. The monoisotopic (exact) mass is 435 g/mol. The number of urea groups is 1. The van der Waals surface area contributed by atoms with E-state index in [4.69, 9.17) is 0 Å². The van der Waals surface area contributed by atoms with E-state index in [1.165, 1.54) is 24.3 Å². The third-order valence-electron chi connectivity index (χ3n) is 3.90. The second-order valence-corrected chi connectivity index (χ2v) is 7.84. The Labute approximate surface area is 170 Å². The quantitative estimate of drug-likeness (QED) is 0.518. The average Bonchev–Trinajstić information content (AvgIpc) is 2.68. The van der Waals surface area contributed by atoms with Gasteiger partial charge in [-0.3, -0.25) is 4.72 Å². The number of sulfonamides is 1. The van der Waals surface area contributed by atoms with E-state index in [0.717, 1.165) is 24.3 Å². The Bertz CT molecular complexity index is 1130. The van der Waals surface area contributed by atoms with Gasteiger partial charge in [-0.2, -0.15) is 13.2 Å². The second-order valence-electron chi connectivity index (χ2n) is 6.15. The number of hydrogen-bond acceptors (Lipinski definition) is 3. The van der Waals surface area contributed by atoms with Crippen molar-refractivity contribution in [3.63, 3.8) is 0 Å². The van der Waals surface area contributed by atoms with E-state index in [9.17, 15) is 26.4 Å². The summed E-state index contributed by atoms with van der Waals surface area (Å²) >= 11 is 0. The van der Waals surface area contributed by atoms with E-state index < -0.39 is 27.8 Å². The molecule has 0 saturated heterocycles. The number of hydrogen-bond donors (Lipinski definition) is 3. The van der Waals surface area contributed by atoms with Crippen molar-refractivity contribution in [1.82, 2.24) is 0 Å². The largest absolute Gasteiger partial charge is 0.416 e. The fraction of sp³-hybridized carbons (Fsp3) is 0.0500. The number of benzene rings is 3. The predicted octanol–water partition coefficient (Wildman–Crippen LogP) is 5.15. The van der Waals surface area contributed by atoms with Crippen LogP contribution in [0.4, 0.5) is 35.0 Å². The highest BCUT2D eigenvalue weighted by Gasteiger charge is 2.30. The molecule has 2 amide bonds. The van der Waals surface area contributed by atoms with Crippen LogP contribution in [0.5, 0.6) is 0 Å². The van der Waals surface area contributed by atoms with Crippen LogP contribution in [0, 0.1) is 0 Å². The molecule has 10 heteroatoms. The number of nitrogens with one attached hydrogen (secondary N) is 3. The molecule has 0 heterocycles. The summed E-state index contributed by atoms with van der Waals surface area (Å²) in [5.74, 6) is 0. The van der Waals surface area contributed by atoms with Crippen LogP contribution in [0.2, 0.25) is 0 Å². The lowest BCUT2D eigenvalue weighted by molar-refractivity contribution is -0.137. The molecule has 0 aromatic heterocycles. The SMILES string of the molecule is O=C(Nc1ccc(C(F)(F)F)cc1)Nc1cccc(S(=O)(=O)Nc2ccccc2)c1. The summed E-state index contributed by atoms with van der Waals surface area (Å²) in [5, 5.41) is 4.83. The zero-order valence-electron chi connectivity index (χ0n) is 15.3. The lowest BCUT2D eigenvalue weighted by atomic mass is 10.2. The topological polar surface area (TPSA) is 87.3 Å². The van der Waals surface area contributed by atoms with Crippen LogP contribution < -0.4 is 15.4 Å². The third-order valence-corrected chi connectivity index (χ3v) is 5.28. The highest BCUT2D eigenvalue weighted by atomic mass is 32.2. The van der Waals surface area contributed by atoms with Crippen molar-refractivity contribution < 1.29 is 26.4 Å². The van der Waals surface area contributed by atoms with Gasteiger partial charge in [0.2, 0.25) is 0 Å². The number of alkyl halides is 3. The first kappa shape index (κ1) is 21.2. The molecule has 0 atom stereocenters. The molecular formula is C20H16F3N3O3S. The van der Waals surface area contributed by atoms with Gasteiger partial charge in [0.1, 0.15) is 0 Å². The van der Waals surface area contributed by atoms with Gasteiger partial charge in [-0.15, -0.1) is 0 Å². The van der Waals surface area contributed by atoms with Gasteiger partial charge >= 0.3 is 12.2 Å². The Kier molecular flexibility index (Phi) is 5.97. The highest BCUT2D eigenvalue weighted by molar-refractivity contribution is 7.92. The molecule has 0 aliphatic heterocycles. The van der Waals surface area contributed by atoms with E-state index in [1.807, 2.05) is 0 Å². The number of carbonyl (C=O) groups excluding carboxylic acids is 1. The minimum atomic E-state index is -4.47. The first-order valence-corrected chi connectivity index (χ1v) is 10.0. The zero-order valence-corrected chi connectivity index (χ0v) is 16.1. The van der Waals surface area contributed by atoms with Crippen LogP contribution in [0.1, 0.15) is 5.56 Å². The number of amides is 2. The van der Waals surface area contributed by atoms with Crippen molar-refractivity contribution in [2.24, 2.45) is 0 Å². The molecule has 3 N–H and O–H groups in total. The number of rotatable bonds is 5. The minimum Gasteiger partial charge on any atom is -0.308 e. The standard InChI is InChI=1S/C20H16F3N3O3S/c21-20(22,23)14-9-11-15(12-10-14)24-19(27)25-17-7-4-8-18(13-17)30(28,29)26-16-5-2-1-3-6-16/h1-13,26H,(H2,24,25,27). The van der Waals surface area contributed by atoms with Crippen LogP contribution >= 0.6 is 0 Å². The van der Waals surface area contributed by atoms with Gasteiger partial charge in [0, 0.05) is 17.1 Å². The van der Waals surface area contributed by atoms with Crippen LogP contribution in [0.3, 0.4) is 0 Å². The van der Waals surface area contributed by atoms with Crippen molar-refractivity contribution in [3.8, 4) is 0 Å². The summed E-state index contributed by atoms with van der Waals surface area (Å²) in [6.45, 7) is 0. The fourth-order valence-corrected chi connectivity index (χ4v) is 3.60. The number of halogens is 3. The highest BCUT2D eigenvalue weighted by Crippen LogP contribution is 2.29. The summed E-state index contributed by atoms with van der Waals surface area (Å²) < 4.78 is 65.2. The van der Waals surface area contributed by atoms with Crippen molar-refractivity contribution in [2.45, 2.75) is 11.1 Å². The molecule has 0 radical (unpaired) electrons. The zero-order chi connectivity index (χ0) is 21.8. The first-order valence-electron chi connectivity index (χ1n) is 8.57. The Balaban J connectivity index is 1.68. The molecule has 0 unspecified atom stereocenters. The molecule has 3 rings (SSSR count). The molecular weight excluding hydrogens is 419 g/mol. The van der Waals surface area contributed by atoms with Gasteiger partial charge in [0.05, 0.1) is 10.5 Å². The molecule has 0 bridgehead atoms. The lowest BCUT2D eigenvalue weighted by Gasteiger charge is -2.11. The molecule has 3 aromatic carbocycles. The summed E-state index contributed by atoms with van der Waals surface area (Å²) in [4.78, 5) is 12.0. The van der Waals surface area contributed by atoms with Crippen LogP contribution in [0.25, 0.3) is 0 Å². The van der Waals surface area contributed by atoms with Crippen LogP contribution in [0.15, 0.2) is 83.8 Å². The van der Waals surface area contributed by atoms with Crippen LogP contribution in [-0.4, -0.2) is 14.4 Å². The molecule has 6 nitrogen and oxygen atoms in total. The molecule has 3 aromatic rings. The number of carbonyl (C=O) groups is 1. The summed E-state index contributed by atoms with van der Waals surface area (Å²) in [7, 11) is -3.88. The Morgan fingerprint density at radius 2 is 1.33 bits per heavy atom. The van der Waals surface area contributed by atoms with Gasteiger partial charge in [-0.05, 0) is 54.6 Å². The molecule has 0 saturated carbocycles. The lowest BCUT2D eigenvalue weighted by Crippen LogP contribution is -2.20. The van der Waals surface area contributed by atoms with E-state index in [2.05, 4.69) is 15.4 Å². The van der Waals surface area contributed by atoms with Gasteiger partial charge in [0.25, 0.3) is 10.0 Å².